The molecule has 0 spiro atoms. The highest BCUT2D eigenvalue weighted by Gasteiger charge is 2.29. The molecule has 1 fully saturated rings. The fourth-order valence-electron chi connectivity index (χ4n) is 2.76. The summed E-state index contributed by atoms with van der Waals surface area (Å²) in [5.41, 5.74) is 1.49. The molecule has 0 bridgehead atoms. The lowest BCUT2D eigenvalue weighted by Gasteiger charge is -2.26. The van der Waals surface area contributed by atoms with Gasteiger partial charge >= 0.3 is 11.9 Å². The summed E-state index contributed by atoms with van der Waals surface area (Å²) in [6.45, 7) is 8.38. The van der Waals surface area contributed by atoms with E-state index >= 15 is 0 Å². The summed E-state index contributed by atoms with van der Waals surface area (Å²) in [5, 5.41) is 17.0. The minimum atomic E-state index is -1.31. The maximum absolute atomic E-state index is 9.55. The van der Waals surface area contributed by atoms with Gasteiger partial charge in [-0.3, -0.25) is 9.88 Å². The average Bonchev–Trinajstić information content (AvgIpc) is 2.91. The minimum absolute atomic E-state index is 0.558. The molecule has 0 aromatic carbocycles. The van der Waals surface area contributed by atoms with Crippen LogP contribution in [0, 0.1) is 0 Å². The molecular weight excluding hydrogens is 324 g/mol. The topological polar surface area (TPSA) is 90.7 Å². The lowest BCUT2D eigenvalue weighted by Crippen LogP contribution is -2.44. The zero-order valence-electron chi connectivity index (χ0n) is 14.7. The zero-order valence-corrected chi connectivity index (χ0v) is 15.7. The fraction of sp³-hybridized carbons (Fsp3) is 0.471. The molecule has 0 radical (unpaired) electrons. The molecule has 0 amide bonds. The highest BCUT2D eigenvalue weighted by atomic mass is 28.3. The quantitative estimate of drug-likeness (QED) is 0.638. The van der Waals surface area contributed by atoms with Crippen LogP contribution in [0.25, 0.3) is 0 Å². The Bertz CT molecular complexity index is 595. The predicted molar refractivity (Wildman–Crippen MR) is 96.2 cm³/mol. The first-order valence-corrected chi connectivity index (χ1v) is 11.4. The van der Waals surface area contributed by atoms with Crippen molar-refractivity contribution in [2.45, 2.75) is 38.5 Å². The van der Waals surface area contributed by atoms with Crippen LogP contribution in [0.15, 0.2) is 30.5 Å². The van der Waals surface area contributed by atoms with Gasteiger partial charge in [0.1, 0.15) is 8.07 Å². The van der Waals surface area contributed by atoms with Gasteiger partial charge in [0.05, 0.1) is 0 Å². The van der Waals surface area contributed by atoms with Crippen LogP contribution < -0.4 is 5.32 Å². The summed E-state index contributed by atoms with van der Waals surface area (Å²) < 4.78 is 0. The number of rotatable bonds is 4. The average molecular weight is 350 g/mol. The molecule has 6 nitrogen and oxygen atoms in total. The van der Waals surface area contributed by atoms with Gasteiger partial charge in [-0.05, 0) is 38.1 Å². The van der Waals surface area contributed by atoms with Crippen LogP contribution in [-0.2, 0) is 9.59 Å². The highest BCUT2D eigenvalue weighted by molar-refractivity contribution is 6.88. The van der Waals surface area contributed by atoms with E-state index in [0.717, 1.165) is 0 Å². The van der Waals surface area contributed by atoms with Gasteiger partial charge in [0, 0.05) is 29.7 Å². The molecule has 1 aliphatic heterocycles. The van der Waals surface area contributed by atoms with E-state index in [0.29, 0.717) is 18.2 Å². The van der Waals surface area contributed by atoms with Crippen molar-refractivity contribution in [2.24, 2.45) is 0 Å². The molecule has 2 heterocycles. The van der Waals surface area contributed by atoms with E-state index < -0.39 is 20.0 Å². The Labute approximate surface area is 143 Å². The van der Waals surface area contributed by atoms with Crippen LogP contribution in [0.2, 0.25) is 19.6 Å². The third kappa shape index (κ3) is 6.25. The van der Waals surface area contributed by atoms with Crippen LogP contribution in [0.4, 0.5) is 0 Å². The molecular formula is C17H26N2O4Si. The summed E-state index contributed by atoms with van der Waals surface area (Å²) in [5.74, 6) is -2.51. The number of carboxylic acids is 2. The van der Waals surface area contributed by atoms with Crippen molar-refractivity contribution in [3.05, 3.63) is 36.0 Å². The lowest BCUT2D eigenvalue weighted by atomic mass is 10.1. The number of hydrogen-bond acceptors (Lipinski definition) is 4. The molecule has 7 heteroatoms. The van der Waals surface area contributed by atoms with Crippen molar-refractivity contribution in [2.75, 3.05) is 13.6 Å². The number of aliphatic carboxylic acids is 2. The molecule has 2 rings (SSSR count). The number of nitrogens with zero attached hydrogens (tertiary/aromatic N) is 2. The number of pyridine rings is 1. The molecule has 1 atom stereocenters. The first-order chi connectivity index (χ1) is 11.1. The van der Waals surface area contributed by atoms with Gasteiger partial charge in [0.2, 0.25) is 0 Å². The van der Waals surface area contributed by atoms with Gasteiger partial charge in [-0.1, -0.05) is 25.7 Å². The van der Waals surface area contributed by atoms with Gasteiger partial charge in [-0.25, -0.2) is 9.59 Å². The summed E-state index contributed by atoms with van der Waals surface area (Å²) in [6.07, 6.45) is 5.68. The van der Waals surface area contributed by atoms with Crippen LogP contribution in [-0.4, -0.2) is 53.7 Å². The molecule has 1 saturated heterocycles. The lowest BCUT2D eigenvalue weighted by molar-refractivity contribution is -0.134. The second-order valence-electron chi connectivity index (χ2n) is 6.84. The van der Waals surface area contributed by atoms with Crippen molar-refractivity contribution < 1.29 is 19.8 Å². The van der Waals surface area contributed by atoms with Crippen LogP contribution in [0.1, 0.15) is 24.4 Å². The zero-order chi connectivity index (χ0) is 18.3. The van der Waals surface area contributed by atoms with Crippen LogP contribution in [0.3, 0.4) is 0 Å². The maximum Gasteiger partial charge on any atom is 0.328 e. The predicted octanol–water partition coefficient (Wildman–Crippen LogP) is 2.11. The van der Waals surface area contributed by atoms with E-state index in [1.54, 1.807) is 0 Å². The van der Waals surface area contributed by atoms with Gasteiger partial charge in [-0.2, -0.15) is 0 Å². The Morgan fingerprint density at radius 2 is 1.83 bits per heavy atom. The summed E-state index contributed by atoms with van der Waals surface area (Å²) in [6, 6.07) is 4.98. The summed E-state index contributed by atoms with van der Waals surface area (Å²) in [4.78, 5) is 26.2. The molecule has 0 saturated carbocycles. The molecule has 1 unspecified atom stereocenters. The second kappa shape index (κ2) is 8.75. The number of aromatic nitrogens is 1. The third-order valence-corrected chi connectivity index (χ3v) is 5.64. The Hall–Kier alpha value is -1.99. The fourth-order valence-corrected chi connectivity index (χ4v) is 4.34. The standard InChI is InChI=1S/C13H22N2Si.C4H4O4/c1-15-10-6-8-12(15)11-7-5-9-14-13(11)16(2,3)4;5-3(6)1-2-4(7)8/h5,7,9,12H,6,8,10H2,1-4H3;1-2H,(H,5,6)(H,7,8). The van der Waals surface area contributed by atoms with Crippen LogP contribution in [0.5, 0.6) is 0 Å². The first kappa shape index (κ1) is 20.1. The van der Waals surface area contributed by atoms with Gasteiger partial charge < -0.3 is 10.2 Å². The Morgan fingerprint density at radius 1 is 1.25 bits per heavy atom. The van der Waals surface area contributed by atoms with E-state index in [4.69, 9.17) is 10.2 Å². The molecule has 24 heavy (non-hydrogen) atoms. The molecule has 2 N–H and O–H groups in total. The first-order valence-electron chi connectivity index (χ1n) is 7.92. The maximum atomic E-state index is 9.55. The van der Waals surface area contributed by atoms with E-state index in [-0.39, 0.29) is 0 Å². The smallest absolute Gasteiger partial charge is 0.328 e. The Kier molecular flexibility index (Phi) is 7.31. The summed E-state index contributed by atoms with van der Waals surface area (Å²) in [7, 11) is 0.922. The van der Waals surface area contributed by atoms with Crippen molar-refractivity contribution in [3.63, 3.8) is 0 Å². The molecule has 1 aromatic heterocycles. The van der Waals surface area contributed by atoms with Gasteiger partial charge in [0.25, 0.3) is 0 Å². The minimum Gasteiger partial charge on any atom is -0.478 e. The van der Waals surface area contributed by atoms with E-state index in [2.05, 4.69) is 48.7 Å². The van der Waals surface area contributed by atoms with E-state index in [1.807, 2.05) is 6.20 Å². The Balaban J connectivity index is 0.000000307. The van der Waals surface area contributed by atoms with Gasteiger partial charge in [0.15, 0.2) is 0 Å². The summed E-state index contributed by atoms with van der Waals surface area (Å²) >= 11 is 0. The van der Waals surface area contributed by atoms with E-state index in [9.17, 15) is 9.59 Å². The van der Waals surface area contributed by atoms with Crippen molar-refractivity contribution in [3.8, 4) is 0 Å². The van der Waals surface area contributed by atoms with E-state index in [1.165, 1.54) is 30.3 Å². The number of likely N-dealkylation sites (tertiary alicyclic amines) is 1. The monoisotopic (exact) mass is 350 g/mol. The molecule has 132 valence electrons. The highest BCUT2D eigenvalue weighted by Crippen LogP contribution is 2.29. The third-order valence-electron chi connectivity index (χ3n) is 3.80. The van der Waals surface area contributed by atoms with Crippen molar-refractivity contribution in [1.82, 2.24) is 9.88 Å². The molecule has 1 aromatic rings. The van der Waals surface area contributed by atoms with Gasteiger partial charge in [-0.15, -0.1) is 0 Å². The number of carbonyl (C=O) groups is 2. The number of hydrogen-bond donors (Lipinski definition) is 2. The number of carboxylic acid groups (broad SMARTS) is 2. The van der Waals surface area contributed by atoms with Crippen LogP contribution >= 0.6 is 0 Å². The molecule has 0 aliphatic carbocycles. The van der Waals surface area contributed by atoms with Crippen molar-refractivity contribution in [1.29, 1.82) is 0 Å². The van der Waals surface area contributed by atoms with Crippen molar-refractivity contribution >= 4 is 25.3 Å². The molecule has 1 aliphatic rings. The second-order valence-corrected chi connectivity index (χ2v) is 11.8. The normalized spacial score (nSPS) is 18.2. The Morgan fingerprint density at radius 3 is 2.25 bits per heavy atom. The SMILES string of the molecule is CN1CCCC1c1cccnc1[Si](C)(C)C.O=C(O)C=CC(=O)O. The largest absolute Gasteiger partial charge is 0.478 e.